The molecule has 20 heavy (non-hydrogen) atoms. The standard InChI is InChI=1S/C13H17N5OS/c1-4-14-12(19)10(3)20-13-15-16-17-18(13)11-7-5-6-9(2)8-11/h5-8,10H,4H2,1-3H3,(H,14,19)/t10-/m1/s1. The molecule has 0 saturated carbocycles. The van der Waals surface area contributed by atoms with Crippen LogP contribution in [0.4, 0.5) is 0 Å². The normalized spacial score (nSPS) is 12.2. The minimum atomic E-state index is -0.246. The van der Waals surface area contributed by atoms with E-state index in [4.69, 9.17) is 0 Å². The monoisotopic (exact) mass is 291 g/mol. The fourth-order valence-corrected chi connectivity index (χ4v) is 2.54. The molecule has 2 aromatic rings. The summed E-state index contributed by atoms with van der Waals surface area (Å²) in [6, 6.07) is 7.90. The minimum Gasteiger partial charge on any atom is -0.355 e. The van der Waals surface area contributed by atoms with Crippen molar-refractivity contribution in [3.8, 4) is 5.69 Å². The van der Waals surface area contributed by atoms with E-state index >= 15 is 0 Å². The number of rotatable bonds is 5. The number of hydrogen-bond donors (Lipinski definition) is 1. The minimum absolute atomic E-state index is 0.0173. The fraction of sp³-hybridized carbons (Fsp3) is 0.385. The summed E-state index contributed by atoms with van der Waals surface area (Å²) in [5, 5.41) is 14.8. The Bertz CT molecular complexity index is 598. The number of aromatic nitrogens is 4. The molecule has 0 aliphatic carbocycles. The maximum absolute atomic E-state index is 11.8. The summed E-state index contributed by atoms with van der Waals surface area (Å²) in [5.74, 6) is -0.0173. The first-order valence-corrected chi connectivity index (χ1v) is 7.29. The molecule has 1 aromatic carbocycles. The van der Waals surface area contributed by atoms with Crippen LogP contribution >= 0.6 is 11.8 Å². The molecule has 0 spiro atoms. The average molecular weight is 291 g/mol. The van der Waals surface area contributed by atoms with Gasteiger partial charge in [0, 0.05) is 6.54 Å². The predicted octanol–water partition coefficient (Wildman–Crippen LogP) is 1.59. The van der Waals surface area contributed by atoms with E-state index < -0.39 is 0 Å². The number of nitrogens with zero attached hydrogens (tertiary/aromatic N) is 4. The van der Waals surface area contributed by atoms with Gasteiger partial charge in [-0.05, 0) is 48.9 Å². The maximum Gasteiger partial charge on any atom is 0.233 e. The lowest BCUT2D eigenvalue weighted by Crippen LogP contribution is -2.30. The van der Waals surface area contributed by atoms with Gasteiger partial charge in [-0.1, -0.05) is 23.9 Å². The van der Waals surface area contributed by atoms with Gasteiger partial charge in [0.25, 0.3) is 0 Å². The van der Waals surface area contributed by atoms with Gasteiger partial charge in [-0.25, -0.2) is 0 Å². The zero-order valence-electron chi connectivity index (χ0n) is 11.7. The summed E-state index contributed by atoms with van der Waals surface area (Å²) in [4.78, 5) is 11.8. The lowest BCUT2D eigenvalue weighted by molar-refractivity contribution is -0.120. The molecule has 0 saturated heterocycles. The van der Waals surface area contributed by atoms with Gasteiger partial charge >= 0.3 is 0 Å². The predicted molar refractivity (Wildman–Crippen MR) is 77.9 cm³/mol. The van der Waals surface area contributed by atoms with E-state index in [0.717, 1.165) is 11.3 Å². The summed E-state index contributed by atoms with van der Waals surface area (Å²) in [7, 11) is 0. The first-order valence-electron chi connectivity index (χ1n) is 6.41. The van der Waals surface area contributed by atoms with E-state index in [0.29, 0.717) is 11.7 Å². The Morgan fingerprint density at radius 1 is 1.50 bits per heavy atom. The van der Waals surface area contributed by atoms with E-state index in [1.54, 1.807) is 4.68 Å². The highest BCUT2D eigenvalue weighted by molar-refractivity contribution is 8.00. The van der Waals surface area contributed by atoms with Crippen LogP contribution in [0.15, 0.2) is 29.4 Å². The van der Waals surface area contributed by atoms with Gasteiger partial charge in [0.2, 0.25) is 11.1 Å². The van der Waals surface area contributed by atoms with E-state index in [1.165, 1.54) is 11.8 Å². The van der Waals surface area contributed by atoms with Gasteiger partial charge < -0.3 is 5.32 Å². The molecular formula is C13H17N5OS. The van der Waals surface area contributed by atoms with Crippen molar-refractivity contribution in [2.75, 3.05) is 6.54 Å². The topological polar surface area (TPSA) is 72.7 Å². The molecule has 7 heteroatoms. The highest BCUT2D eigenvalue weighted by atomic mass is 32.2. The lowest BCUT2D eigenvalue weighted by Gasteiger charge is -2.10. The molecule has 6 nitrogen and oxygen atoms in total. The first-order chi connectivity index (χ1) is 9.61. The Hall–Kier alpha value is -1.89. The molecule has 1 amide bonds. The van der Waals surface area contributed by atoms with Crippen LogP contribution in [0.2, 0.25) is 0 Å². The molecule has 0 aliphatic heterocycles. The van der Waals surface area contributed by atoms with Crippen LogP contribution in [0, 0.1) is 6.92 Å². The quantitative estimate of drug-likeness (QED) is 0.847. The Balaban J connectivity index is 2.19. The number of tetrazole rings is 1. The van der Waals surface area contributed by atoms with E-state index in [-0.39, 0.29) is 11.2 Å². The van der Waals surface area contributed by atoms with Crippen molar-refractivity contribution in [1.29, 1.82) is 0 Å². The number of amides is 1. The third-order valence-electron chi connectivity index (χ3n) is 2.69. The Morgan fingerprint density at radius 2 is 2.30 bits per heavy atom. The molecule has 1 heterocycles. The molecule has 1 aromatic heterocycles. The van der Waals surface area contributed by atoms with Crippen molar-refractivity contribution >= 4 is 17.7 Å². The molecule has 0 bridgehead atoms. The van der Waals surface area contributed by atoms with E-state index in [1.807, 2.05) is 45.0 Å². The van der Waals surface area contributed by atoms with Gasteiger partial charge in [0.05, 0.1) is 10.9 Å². The number of aryl methyl sites for hydroxylation is 1. The number of hydrogen-bond acceptors (Lipinski definition) is 5. The van der Waals surface area contributed by atoms with Crippen molar-refractivity contribution in [1.82, 2.24) is 25.5 Å². The molecular weight excluding hydrogens is 274 g/mol. The Morgan fingerprint density at radius 3 is 3.00 bits per heavy atom. The van der Waals surface area contributed by atoms with Crippen molar-refractivity contribution in [2.45, 2.75) is 31.2 Å². The zero-order chi connectivity index (χ0) is 14.5. The second-order valence-corrected chi connectivity index (χ2v) is 5.67. The van der Waals surface area contributed by atoms with Crippen LogP contribution in [-0.2, 0) is 4.79 Å². The highest BCUT2D eigenvalue weighted by Crippen LogP contribution is 2.23. The van der Waals surface area contributed by atoms with Crippen LogP contribution < -0.4 is 5.32 Å². The van der Waals surface area contributed by atoms with Crippen LogP contribution in [0.5, 0.6) is 0 Å². The van der Waals surface area contributed by atoms with Crippen LogP contribution in [-0.4, -0.2) is 37.9 Å². The Kier molecular flexibility index (Phi) is 4.73. The molecule has 0 aliphatic rings. The molecule has 106 valence electrons. The number of carbonyl (C=O) groups excluding carboxylic acids is 1. The molecule has 0 unspecified atom stereocenters. The third-order valence-corrected chi connectivity index (χ3v) is 3.72. The summed E-state index contributed by atoms with van der Waals surface area (Å²) in [6.07, 6.45) is 0. The number of nitrogens with one attached hydrogen (secondary N) is 1. The van der Waals surface area contributed by atoms with Gasteiger partial charge in [0.15, 0.2) is 0 Å². The zero-order valence-corrected chi connectivity index (χ0v) is 12.5. The smallest absolute Gasteiger partial charge is 0.233 e. The third kappa shape index (κ3) is 3.36. The van der Waals surface area contributed by atoms with Crippen molar-refractivity contribution in [3.63, 3.8) is 0 Å². The molecule has 1 atom stereocenters. The van der Waals surface area contributed by atoms with Gasteiger partial charge in [0.1, 0.15) is 0 Å². The van der Waals surface area contributed by atoms with Crippen LogP contribution in [0.25, 0.3) is 5.69 Å². The fourth-order valence-electron chi connectivity index (χ4n) is 1.70. The van der Waals surface area contributed by atoms with Gasteiger partial charge in [-0.2, -0.15) is 4.68 Å². The van der Waals surface area contributed by atoms with E-state index in [9.17, 15) is 4.79 Å². The summed E-state index contributed by atoms with van der Waals surface area (Å²) in [6.45, 7) is 6.36. The van der Waals surface area contributed by atoms with Crippen LogP contribution in [0.1, 0.15) is 19.4 Å². The largest absolute Gasteiger partial charge is 0.355 e. The van der Waals surface area contributed by atoms with Crippen molar-refractivity contribution < 1.29 is 4.79 Å². The number of benzene rings is 1. The second kappa shape index (κ2) is 6.51. The summed E-state index contributed by atoms with van der Waals surface area (Å²) >= 11 is 1.34. The van der Waals surface area contributed by atoms with Gasteiger partial charge in [-0.3, -0.25) is 4.79 Å². The Labute approximate surface area is 121 Å². The average Bonchev–Trinajstić information content (AvgIpc) is 2.87. The maximum atomic E-state index is 11.8. The van der Waals surface area contributed by atoms with E-state index in [2.05, 4.69) is 20.8 Å². The summed E-state index contributed by atoms with van der Waals surface area (Å²) in [5.41, 5.74) is 2.02. The first kappa shape index (κ1) is 14.5. The second-order valence-electron chi connectivity index (χ2n) is 4.37. The molecule has 2 rings (SSSR count). The molecule has 1 N–H and O–H groups in total. The lowest BCUT2D eigenvalue weighted by atomic mass is 10.2. The van der Waals surface area contributed by atoms with Crippen molar-refractivity contribution in [2.24, 2.45) is 0 Å². The number of thioether (sulfide) groups is 1. The molecule has 0 fully saturated rings. The molecule has 0 radical (unpaired) electrons. The SMILES string of the molecule is CCNC(=O)[C@@H](C)Sc1nnnn1-c1cccc(C)c1. The van der Waals surface area contributed by atoms with Crippen molar-refractivity contribution in [3.05, 3.63) is 29.8 Å². The van der Waals surface area contributed by atoms with Crippen LogP contribution in [0.3, 0.4) is 0 Å². The summed E-state index contributed by atoms with van der Waals surface area (Å²) < 4.78 is 1.65. The van der Waals surface area contributed by atoms with Gasteiger partial charge in [-0.15, -0.1) is 5.10 Å². The number of carbonyl (C=O) groups is 1. The highest BCUT2D eigenvalue weighted by Gasteiger charge is 2.18.